The Labute approximate surface area is 184 Å². The molecule has 5 rings (SSSR count). The van der Waals surface area contributed by atoms with E-state index < -0.39 is 0 Å². The van der Waals surface area contributed by atoms with E-state index in [1.807, 2.05) is 35.3 Å². The fraction of sp³-hybridized carbons (Fsp3) is 0.364. The van der Waals surface area contributed by atoms with E-state index in [0.29, 0.717) is 12.2 Å². The predicted molar refractivity (Wildman–Crippen MR) is 117 cm³/mol. The van der Waals surface area contributed by atoms with Gasteiger partial charge in [0.05, 0.1) is 37.1 Å². The normalized spacial score (nSPS) is 14.8. The van der Waals surface area contributed by atoms with Crippen molar-refractivity contribution in [3.8, 4) is 0 Å². The fourth-order valence-electron chi connectivity index (χ4n) is 3.90. The molecule has 0 radical (unpaired) electrons. The predicted octanol–water partition coefficient (Wildman–Crippen LogP) is 2.47. The number of aryl methyl sites for hydroxylation is 2. The monoisotopic (exact) mass is 436 g/mol. The van der Waals surface area contributed by atoms with Crippen LogP contribution in [0.5, 0.6) is 0 Å². The van der Waals surface area contributed by atoms with E-state index in [2.05, 4.69) is 20.2 Å². The average molecular weight is 436 g/mol. The number of ether oxygens (including phenoxy) is 1. The van der Waals surface area contributed by atoms with Gasteiger partial charge >= 0.3 is 0 Å². The lowest BCUT2D eigenvalue weighted by Gasteiger charge is -2.26. The van der Waals surface area contributed by atoms with Gasteiger partial charge in [0, 0.05) is 56.6 Å². The molecule has 1 saturated heterocycles. The summed E-state index contributed by atoms with van der Waals surface area (Å²) in [5.74, 6) is 1.07. The molecular formula is C22H25FN8O. The molecule has 0 saturated carbocycles. The maximum atomic E-state index is 13.3. The van der Waals surface area contributed by atoms with Crippen LogP contribution in [-0.2, 0) is 24.8 Å². The van der Waals surface area contributed by atoms with Crippen LogP contribution in [0.25, 0.3) is 5.65 Å². The minimum Gasteiger partial charge on any atom is -0.379 e. The van der Waals surface area contributed by atoms with E-state index >= 15 is 0 Å². The SMILES string of the molecule is Cc1nn2c(CN3CCOCC3)cc(Nc3cn(C)cn3)nc2c1Cc1ccc(F)cn1. The zero-order chi connectivity index (χ0) is 22.1. The van der Waals surface area contributed by atoms with Gasteiger partial charge < -0.3 is 14.6 Å². The molecular weight excluding hydrogens is 411 g/mol. The molecule has 0 spiro atoms. The number of nitrogens with one attached hydrogen (secondary N) is 1. The number of imidazole rings is 1. The highest BCUT2D eigenvalue weighted by molar-refractivity contribution is 5.60. The third-order valence-electron chi connectivity index (χ3n) is 5.56. The lowest BCUT2D eigenvalue weighted by molar-refractivity contribution is 0.0334. The molecule has 0 aliphatic carbocycles. The lowest BCUT2D eigenvalue weighted by atomic mass is 10.1. The molecule has 1 aliphatic rings. The highest BCUT2D eigenvalue weighted by Crippen LogP contribution is 2.23. The molecule has 0 aromatic carbocycles. The maximum Gasteiger partial charge on any atom is 0.161 e. The summed E-state index contributed by atoms with van der Waals surface area (Å²) in [5, 5.41) is 8.10. The van der Waals surface area contributed by atoms with Gasteiger partial charge in [0.15, 0.2) is 5.65 Å². The number of halogens is 1. The number of rotatable bonds is 6. The van der Waals surface area contributed by atoms with Crippen molar-refractivity contribution < 1.29 is 9.13 Å². The van der Waals surface area contributed by atoms with Crippen LogP contribution in [0.2, 0.25) is 0 Å². The molecule has 0 amide bonds. The molecule has 166 valence electrons. The molecule has 4 aromatic rings. The van der Waals surface area contributed by atoms with Crippen LogP contribution in [0.3, 0.4) is 0 Å². The minimum absolute atomic E-state index is 0.349. The Kier molecular flexibility index (Phi) is 5.54. The number of nitrogens with zero attached hydrogens (tertiary/aromatic N) is 7. The topological polar surface area (TPSA) is 85.4 Å². The Bertz CT molecular complexity index is 1230. The maximum absolute atomic E-state index is 13.3. The van der Waals surface area contributed by atoms with Gasteiger partial charge in [-0.2, -0.15) is 5.10 Å². The number of hydrogen-bond acceptors (Lipinski definition) is 7. The second-order valence-electron chi connectivity index (χ2n) is 8.01. The number of morpholine rings is 1. The fourth-order valence-corrected chi connectivity index (χ4v) is 3.90. The number of anilines is 2. The van der Waals surface area contributed by atoms with Gasteiger partial charge in [-0.15, -0.1) is 0 Å². The summed E-state index contributed by atoms with van der Waals surface area (Å²) in [6.07, 6.45) is 5.40. The van der Waals surface area contributed by atoms with Crippen LogP contribution in [0.1, 0.15) is 22.6 Å². The average Bonchev–Trinajstić information content (AvgIpc) is 3.33. The number of aromatic nitrogens is 6. The Morgan fingerprint density at radius 3 is 2.72 bits per heavy atom. The first-order valence-corrected chi connectivity index (χ1v) is 10.6. The van der Waals surface area contributed by atoms with Gasteiger partial charge in [-0.3, -0.25) is 9.88 Å². The number of pyridine rings is 1. The van der Waals surface area contributed by atoms with Gasteiger partial charge in [-0.25, -0.2) is 18.9 Å². The number of fused-ring (bicyclic) bond motifs is 1. The van der Waals surface area contributed by atoms with Crippen molar-refractivity contribution in [3.05, 3.63) is 65.4 Å². The van der Waals surface area contributed by atoms with E-state index in [1.165, 1.54) is 12.3 Å². The Hall–Kier alpha value is -3.37. The highest BCUT2D eigenvalue weighted by atomic mass is 19.1. The number of hydrogen-bond donors (Lipinski definition) is 1. The summed E-state index contributed by atoms with van der Waals surface area (Å²) >= 11 is 0. The van der Waals surface area contributed by atoms with Crippen molar-refractivity contribution in [1.29, 1.82) is 0 Å². The first-order valence-electron chi connectivity index (χ1n) is 10.6. The van der Waals surface area contributed by atoms with Crippen LogP contribution in [0.4, 0.5) is 16.0 Å². The van der Waals surface area contributed by atoms with Crippen molar-refractivity contribution in [2.24, 2.45) is 7.05 Å². The summed E-state index contributed by atoms with van der Waals surface area (Å²) in [7, 11) is 1.92. The zero-order valence-electron chi connectivity index (χ0n) is 18.1. The molecule has 5 heterocycles. The van der Waals surface area contributed by atoms with Crippen LogP contribution in [-0.4, -0.2) is 60.3 Å². The van der Waals surface area contributed by atoms with Crippen LogP contribution in [0.15, 0.2) is 36.9 Å². The summed E-state index contributed by atoms with van der Waals surface area (Å²) in [6.45, 7) is 5.91. The van der Waals surface area contributed by atoms with Gasteiger partial charge in [0.1, 0.15) is 17.5 Å². The lowest BCUT2D eigenvalue weighted by Crippen LogP contribution is -2.36. The molecule has 1 fully saturated rings. The zero-order valence-corrected chi connectivity index (χ0v) is 18.1. The van der Waals surface area contributed by atoms with E-state index in [0.717, 1.165) is 67.0 Å². The highest BCUT2D eigenvalue weighted by Gasteiger charge is 2.19. The molecule has 0 atom stereocenters. The molecule has 1 aliphatic heterocycles. The standard InChI is InChI=1S/C22H25FN8O/c1-15-19(9-17-4-3-16(23)11-24-17)22-27-20(26-21-13-29(2)14-25-21)10-18(31(22)28-15)12-30-5-7-32-8-6-30/h3-4,10-11,13-14H,5-9,12H2,1-2H3,(H,26,27). The van der Waals surface area contributed by atoms with Gasteiger partial charge in [-0.1, -0.05) is 0 Å². The Morgan fingerprint density at radius 2 is 2.00 bits per heavy atom. The quantitative estimate of drug-likeness (QED) is 0.497. The summed E-state index contributed by atoms with van der Waals surface area (Å²) < 4.78 is 22.6. The van der Waals surface area contributed by atoms with E-state index in [4.69, 9.17) is 14.8 Å². The van der Waals surface area contributed by atoms with Crippen LogP contribution in [0, 0.1) is 12.7 Å². The van der Waals surface area contributed by atoms with Crippen molar-refractivity contribution in [1.82, 2.24) is 34.0 Å². The van der Waals surface area contributed by atoms with Crippen molar-refractivity contribution >= 4 is 17.3 Å². The van der Waals surface area contributed by atoms with E-state index in [-0.39, 0.29) is 5.82 Å². The smallest absolute Gasteiger partial charge is 0.161 e. The summed E-state index contributed by atoms with van der Waals surface area (Å²) in [4.78, 5) is 15.8. The second kappa shape index (κ2) is 8.64. The van der Waals surface area contributed by atoms with Crippen molar-refractivity contribution in [3.63, 3.8) is 0 Å². The van der Waals surface area contributed by atoms with Crippen LogP contribution < -0.4 is 5.32 Å². The Balaban J connectivity index is 1.55. The molecule has 0 bridgehead atoms. The second-order valence-corrected chi connectivity index (χ2v) is 8.01. The largest absolute Gasteiger partial charge is 0.379 e. The van der Waals surface area contributed by atoms with Crippen LogP contribution >= 0.6 is 0 Å². The third-order valence-corrected chi connectivity index (χ3v) is 5.56. The molecule has 0 unspecified atom stereocenters. The molecule has 1 N–H and O–H groups in total. The van der Waals surface area contributed by atoms with Gasteiger partial charge in [0.2, 0.25) is 0 Å². The first kappa shape index (κ1) is 20.5. The molecule has 32 heavy (non-hydrogen) atoms. The summed E-state index contributed by atoms with van der Waals surface area (Å²) in [6, 6.07) is 5.14. The van der Waals surface area contributed by atoms with Crippen molar-refractivity contribution in [2.45, 2.75) is 19.9 Å². The molecule has 9 nitrogen and oxygen atoms in total. The first-order chi connectivity index (χ1) is 15.5. The summed E-state index contributed by atoms with van der Waals surface area (Å²) in [5.41, 5.74) is 4.40. The van der Waals surface area contributed by atoms with Gasteiger partial charge in [0.25, 0.3) is 0 Å². The van der Waals surface area contributed by atoms with E-state index in [1.54, 1.807) is 12.4 Å². The van der Waals surface area contributed by atoms with E-state index in [9.17, 15) is 4.39 Å². The van der Waals surface area contributed by atoms with Crippen molar-refractivity contribution in [2.75, 3.05) is 31.6 Å². The Morgan fingerprint density at radius 1 is 1.16 bits per heavy atom. The minimum atomic E-state index is -0.349. The third kappa shape index (κ3) is 4.32. The van der Waals surface area contributed by atoms with Gasteiger partial charge in [-0.05, 0) is 19.1 Å². The molecule has 4 aromatic heterocycles. The molecule has 10 heteroatoms.